The number of hydrogen-bond donors (Lipinski definition) is 1. The molecule has 5 nitrogen and oxygen atoms in total. The molecule has 19 heavy (non-hydrogen) atoms. The number of nitrogens with two attached hydrogens (primary N) is 1. The smallest absolute Gasteiger partial charge is 0.339 e. The summed E-state index contributed by atoms with van der Waals surface area (Å²) in [6, 6.07) is 1.27. The van der Waals surface area contributed by atoms with Crippen LogP contribution in [-0.2, 0) is 14.8 Å². The maximum absolute atomic E-state index is 11.8. The van der Waals surface area contributed by atoms with E-state index in [2.05, 4.69) is 0 Å². The highest BCUT2D eigenvalue weighted by Gasteiger charge is 2.19. The van der Waals surface area contributed by atoms with E-state index in [-0.39, 0.29) is 9.77 Å². The Hall–Kier alpha value is -0.920. The molecule has 1 fully saturated rings. The minimum Gasteiger partial charge on any atom is -0.462 e. The molecule has 2 N–H and O–H groups in total. The molecule has 0 amide bonds. The van der Waals surface area contributed by atoms with E-state index in [9.17, 15) is 13.2 Å². The summed E-state index contributed by atoms with van der Waals surface area (Å²) in [5.41, 5.74) is 0.254. The molecule has 0 spiro atoms. The van der Waals surface area contributed by atoms with Crippen LogP contribution in [0, 0.1) is 5.92 Å². The molecule has 7 heteroatoms. The fourth-order valence-electron chi connectivity index (χ4n) is 2.20. The second-order valence-corrected chi connectivity index (χ2v) is 7.50. The van der Waals surface area contributed by atoms with Crippen LogP contribution in [0.15, 0.2) is 15.7 Å². The van der Waals surface area contributed by atoms with Crippen molar-refractivity contribution >= 4 is 27.3 Å². The number of ether oxygens (including phenoxy) is 1. The zero-order valence-electron chi connectivity index (χ0n) is 10.5. The number of thiophene rings is 1. The SMILES string of the molecule is NS(=O)(=O)c1cc(C(=O)OCC2CCCCC2)cs1. The summed E-state index contributed by atoms with van der Waals surface area (Å²) in [6.07, 6.45) is 5.83. The number of carbonyl (C=O) groups is 1. The van der Waals surface area contributed by atoms with Crippen LogP contribution in [0.5, 0.6) is 0 Å². The third kappa shape index (κ3) is 4.02. The summed E-state index contributed by atoms with van der Waals surface area (Å²) in [5, 5.41) is 6.45. The maximum Gasteiger partial charge on any atom is 0.339 e. The van der Waals surface area contributed by atoms with Crippen molar-refractivity contribution in [3.8, 4) is 0 Å². The third-order valence-corrected chi connectivity index (χ3v) is 5.65. The lowest BCUT2D eigenvalue weighted by Crippen LogP contribution is -2.16. The van der Waals surface area contributed by atoms with E-state index in [1.165, 1.54) is 30.7 Å². The van der Waals surface area contributed by atoms with Crippen LogP contribution in [-0.4, -0.2) is 21.0 Å². The van der Waals surface area contributed by atoms with Gasteiger partial charge in [-0.25, -0.2) is 18.4 Å². The van der Waals surface area contributed by atoms with Crippen LogP contribution in [0.1, 0.15) is 42.5 Å². The Morgan fingerprint density at radius 1 is 1.37 bits per heavy atom. The largest absolute Gasteiger partial charge is 0.462 e. The van der Waals surface area contributed by atoms with Gasteiger partial charge in [0.05, 0.1) is 12.2 Å². The van der Waals surface area contributed by atoms with Crippen molar-refractivity contribution in [2.24, 2.45) is 11.1 Å². The summed E-state index contributed by atoms with van der Waals surface area (Å²) in [4.78, 5) is 11.8. The van der Waals surface area contributed by atoms with Gasteiger partial charge in [0.1, 0.15) is 4.21 Å². The maximum atomic E-state index is 11.8. The Labute approximate surface area is 116 Å². The molecule has 0 aromatic carbocycles. The van der Waals surface area contributed by atoms with Crippen molar-refractivity contribution in [3.05, 3.63) is 17.0 Å². The predicted octanol–water partition coefficient (Wildman–Crippen LogP) is 2.13. The topological polar surface area (TPSA) is 86.5 Å². The second kappa shape index (κ2) is 6.02. The molecule has 0 bridgehead atoms. The predicted molar refractivity (Wildman–Crippen MR) is 72.5 cm³/mol. The van der Waals surface area contributed by atoms with E-state index in [4.69, 9.17) is 9.88 Å². The molecular weight excluding hydrogens is 286 g/mol. The third-order valence-electron chi connectivity index (χ3n) is 3.27. The van der Waals surface area contributed by atoms with Crippen LogP contribution in [0.4, 0.5) is 0 Å². The zero-order chi connectivity index (χ0) is 13.9. The number of rotatable bonds is 4. The number of carbonyl (C=O) groups excluding carboxylic acids is 1. The molecule has 1 aromatic rings. The first-order valence-corrected chi connectivity index (χ1v) is 8.68. The number of hydrogen-bond acceptors (Lipinski definition) is 5. The number of primary sulfonamides is 1. The van der Waals surface area contributed by atoms with Gasteiger partial charge in [0, 0.05) is 5.38 Å². The van der Waals surface area contributed by atoms with Crippen molar-refractivity contribution in [2.45, 2.75) is 36.3 Å². The average Bonchev–Trinajstić information content (AvgIpc) is 2.87. The lowest BCUT2D eigenvalue weighted by molar-refractivity contribution is 0.0411. The normalized spacial score (nSPS) is 17.3. The van der Waals surface area contributed by atoms with Gasteiger partial charge in [0.25, 0.3) is 0 Å². The van der Waals surface area contributed by atoms with Crippen LogP contribution in [0.2, 0.25) is 0 Å². The monoisotopic (exact) mass is 303 g/mol. The van der Waals surface area contributed by atoms with Gasteiger partial charge in [-0.05, 0) is 24.8 Å². The Bertz CT molecular complexity index is 544. The van der Waals surface area contributed by atoms with Gasteiger partial charge in [-0.2, -0.15) is 0 Å². The first-order chi connectivity index (χ1) is 8.97. The highest BCUT2D eigenvalue weighted by Crippen LogP contribution is 2.24. The van der Waals surface area contributed by atoms with Crippen molar-refractivity contribution in [3.63, 3.8) is 0 Å². The number of esters is 1. The summed E-state index contributed by atoms with van der Waals surface area (Å²) in [7, 11) is -3.74. The molecule has 1 heterocycles. The minimum absolute atomic E-state index is 0.0166. The average molecular weight is 303 g/mol. The van der Waals surface area contributed by atoms with E-state index in [1.54, 1.807) is 0 Å². The molecule has 1 aromatic heterocycles. The summed E-state index contributed by atoms with van der Waals surface area (Å²) >= 11 is 0.932. The molecule has 0 radical (unpaired) electrons. The Morgan fingerprint density at radius 2 is 2.05 bits per heavy atom. The second-order valence-electron chi connectivity index (χ2n) is 4.80. The van der Waals surface area contributed by atoms with Crippen LogP contribution in [0.25, 0.3) is 0 Å². The molecule has 0 atom stereocenters. The number of sulfonamides is 1. The van der Waals surface area contributed by atoms with Crippen molar-refractivity contribution in [1.82, 2.24) is 0 Å². The van der Waals surface area contributed by atoms with Gasteiger partial charge in [-0.1, -0.05) is 19.3 Å². The van der Waals surface area contributed by atoms with Crippen LogP contribution >= 0.6 is 11.3 Å². The van der Waals surface area contributed by atoms with Gasteiger partial charge in [-0.15, -0.1) is 11.3 Å². The lowest BCUT2D eigenvalue weighted by atomic mass is 9.90. The van der Waals surface area contributed by atoms with Crippen molar-refractivity contribution < 1.29 is 17.9 Å². The first kappa shape index (κ1) is 14.5. The molecule has 0 saturated heterocycles. The fraction of sp³-hybridized carbons (Fsp3) is 0.583. The molecule has 1 saturated carbocycles. The fourth-order valence-corrected chi connectivity index (χ4v) is 3.78. The zero-order valence-corrected chi connectivity index (χ0v) is 12.1. The molecule has 0 aliphatic heterocycles. The van der Waals surface area contributed by atoms with Gasteiger partial charge in [-0.3, -0.25) is 0 Å². The van der Waals surface area contributed by atoms with Gasteiger partial charge < -0.3 is 4.74 Å². The summed E-state index contributed by atoms with van der Waals surface area (Å²) in [6.45, 7) is 0.416. The van der Waals surface area contributed by atoms with E-state index in [1.807, 2.05) is 0 Å². The van der Waals surface area contributed by atoms with Crippen molar-refractivity contribution in [2.75, 3.05) is 6.61 Å². The molecule has 0 unspecified atom stereocenters. The molecule has 2 rings (SSSR count). The molecule has 1 aliphatic carbocycles. The van der Waals surface area contributed by atoms with E-state index >= 15 is 0 Å². The van der Waals surface area contributed by atoms with Crippen molar-refractivity contribution in [1.29, 1.82) is 0 Å². The van der Waals surface area contributed by atoms with E-state index in [0.717, 1.165) is 24.2 Å². The standard InChI is InChI=1S/C12H17NO4S2/c13-19(15,16)11-6-10(8-18-11)12(14)17-7-9-4-2-1-3-5-9/h6,8-9H,1-5,7H2,(H2,13,15,16). The Morgan fingerprint density at radius 3 is 2.63 bits per heavy atom. The highest BCUT2D eigenvalue weighted by atomic mass is 32.2. The Balaban J connectivity index is 1.91. The van der Waals surface area contributed by atoms with Gasteiger partial charge in [0.15, 0.2) is 0 Å². The van der Waals surface area contributed by atoms with Crippen LogP contribution in [0.3, 0.4) is 0 Å². The van der Waals surface area contributed by atoms with Gasteiger partial charge >= 0.3 is 5.97 Å². The molecule has 1 aliphatic rings. The van der Waals surface area contributed by atoms with Gasteiger partial charge in [0.2, 0.25) is 10.0 Å². The highest BCUT2D eigenvalue weighted by molar-refractivity contribution is 7.91. The molecular formula is C12H17NO4S2. The van der Waals surface area contributed by atoms with E-state index in [0.29, 0.717) is 12.5 Å². The minimum atomic E-state index is -3.74. The Kier molecular flexibility index (Phi) is 4.59. The van der Waals surface area contributed by atoms with E-state index < -0.39 is 16.0 Å². The summed E-state index contributed by atoms with van der Waals surface area (Å²) < 4.78 is 27.4. The summed E-state index contributed by atoms with van der Waals surface area (Å²) in [5.74, 6) is -0.0363. The quantitative estimate of drug-likeness (QED) is 0.863. The van der Waals surface area contributed by atoms with Crippen LogP contribution < -0.4 is 5.14 Å². The lowest BCUT2D eigenvalue weighted by Gasteiger charge is -2.20. The molecule has 106 valence electrons. The first-order valence-electron chi connectivity index (χ1n) is 6.25.